The summed E-state index contributed by atoms with van der Waals surface area (Å²) in [6.45, 7) is 0.339. The summed E-state index contributed by atoms with van der Waals surface area (Å²) in [6, 6.07) is 6.07. The highest BCUT2D eigenvalue weighted by molar-refractivity contribution is 6.31. The van der Waals surface area contributed by atoms with Crippen molar-refractivity contribution < 1.29 is 9.18 Å². The van der Waals surface area contributed by atoms with Gasteiger partial charge in [-0.2, -0.15) is 5.26 Å². The molecule has 0 spiro atoms. The van der Waals surface area contributed by atoms with Crippen LogP contribution >= 0.6 is 11.6 Å². The molecule has 0 bridgehead atoms. The van der Waals surface area contributed by atoms with Crippen LogP contribution in [0.1, 0.15) is 29.6 Å². The molecule has 0 saturated heterocycles. The number of nitrogens with zero attached hydrogens (tertiary/aromatic N) is 2. The summed E-state index contributed by atoms with van der Waals surface area (Å²) in [7, 11) is 0. The van der Waals surface area contributed by atoms with Gasteiger partial charge in [0.15, 0.2) is 0 Å². The van der Waals surface area contributed by atoms with Crippen LogP contribution in [0.2, 0.25) is 5.02 Å². The predicted octanol–water partition coefficient (Wildman–Crippen LogP) is 3.00. The van der Waals surface area contributed by atoms with Crippen LogP contribution < -0.4 is 0 Å². The Bertz CT molecular complexity index is 508. The van der Waals surface area contributed by atoms with Gasteiger partial charge in [-0.15, -0.1) is 0 Å². The summed E-state index contributed by atoms with van der Waals surface area (Å²) in [6.07, 6.45) is 2.09. The van der Waals surface area contributed by atoms with Crippen molar-refractivity contribution >= 4 is 17.5 Å². The van der Waals surface area contributed by atoms with Gasteiger partial charge < -0.3 is 4.90 Å². The van der Waals surface area contributed by atoms with Gasteiger partial charge in [0.2, 0.25) is 0 Å². The molecule has 0 heterocycles. The monoisotopic (exact) mass is 266 g/mol. The van der Waals surface area contributed by atoms with E-state index < -0.39 is 5.82 Å². The lowest BCUT2D eigenvalue weighted by atomic mass is 10.1. The number of hydrogen-bond donors (Lipinski definition) is 0. The molecule has 1 aliphatic carbocycles. The Morgan fingerprint density at radius 2 is 2.28 bits per heavy atom. The van der Waals surface area contributed by atoms with E-state index in [1.54, 1.807) is 4.90 Å². The van der Waals surface area contributed by atoms with E-state index >= 15 is 0 Å². The third kappa shape index (κ3) is 2.80. The van der Waals surface area contributed by atoms with E-state index in [2.05, 4.69) is 0 Å². The van der Waals surface area contributed by atoms with E-state index in [0.29, 0.717) is 11.6 Å². The van der Waals surface area contributed by atoms with Crippen LogP contribution in [-0.4, -0.2) is 23.4 Å². The smallest absolute Gasteiger partial charge is 0.257 e. The minimum Gasteiger partial charge on any atom is -0.335 e. The SMILES string of the molecule is N#CCCN(C(=O)c1cc(Cl)ccc1F)C1CC1. The van der Waals surface area contributed by atoms with Crippen LogP contribution in [-0.2, 0) is 0 Å². The Kier molecular flexibility index (Phi) is 3.83. The first kappa shape index (κ1) is 12.8. The average Bonchev–Trinajstić information content (AvgIpc) is 3.17. The molecule has 1 fully saturated rings. The number of benzene rings is 1. The Balaban J connectivity index is 2.22. The number of amides is 1. The third-order valence-electron chi connectivity index (χ3n) is 2.87. The van der Waals surface area contributed by atoms with Crippen LogP contribution in [0.25, 0.3) is 0 Å². The first-order chi connectivity index (χ1) is 8.63. The lowest BCUT2D eigenvalue weighted by molar-refractivity contribution is 0.0742. The molecule has 0 aliphatic heterocycles. The van der Waals surface area contributed by atoms with E-state index in [1.807, 2.05) is 6.07 Å². The summed E-state index contributed by atoms with van der Waals surface area (Å²) in [5, 5.41) is 8.91. The first-order valence-corrected chi connectivity index (χ1v) is 6.14. The number of carbonyl (C=O) groups is 1. The van der Waals surface area contributed by atoms with Crippen LogP contribution in [0, 0.1) is 17.1 Å². The lowest BCUT2D eigenvalue weighted by Gasteiger charge is -2.21. The van der Waals surface area contributed by atoms with Gasteiger partial charge in [0.25, 0.3) is 5.91 Å². The average molecular weight is 267 g/mol. The van der Waals surface area contributed by atoms with Crippen molar-refractivity contribution in [2.45, 2.75) is 25.3 Å². The molecule has 1 aromatic carbocycles. The van der Waals surface area contributed by atoms with Gasteiger partial charge in [-0.1, -0.05) is 11.6 Å². The van der Waals surface area contributed by atoms with Crippen LogP contribution in [0.15, 0.2) is 18.2 Å². The molecule has 1 aromatic rings. The van der Waals surface area contributed by atoms with E-state index in [1.165, 1.54) is 18.2 Å². The molecule has 1 aliphatic rings. The van der Waals surface area contributed by atoms with Crippen LogP contribution in [0.3, 0.4) is 0 Å². The van der Waals surface area contributed by atoms with Gasteiger partial charge in [0, 0.05) is 17.6 Å². The van der Waals surface area contributed by atoms with Crippen molar-refractivity contribution in [1.29, 1.82) is 5.26 Å². The summed E-state index contributed by atoms with van der Waals surface area (Å²) < 4.78 is 13.6. The number of carbonyl (C=O) groups excluding carboxylic acids is 1. The summed E-state index contributed by atoms with van der Waals surface area (Å²) in [4.78, 5) is 13.8. The number of halogens is 2. The van der Waals surface area contributed by atoms with Crippen molar-refractivity contribution in [1.82, 2.24) is 4.90 Å². The number of hydrogen-bond acceptors (Lipinski definition) is 2. The maximum atomic E-state index is 13.6. The van der Waals surface area contributed by atoms with E-state index in [0.717, 1.165) is 12.8 Å². The minimum absolute atomic E-state index is 0.0210. The quantitative estimate of drug-likeness (QED) is 0.841. The van der Waals surface area contributed by atoms with E-state index in [9.17, 15) is 9.18 Å². The Hall–Kier alpha value is -1.60. The zero-order valence-electron chi connectivity index (χ0n) is 9.70. The molecule has 0 radical (unpaired) electrons. The van der Waals surface area contributed by atoms with Gasteiger partial charge >= 0.3 is 0 Å². The van der Waals surface area contributed by atoms with Crippen molar-refractivity contribution in [3.8, 4) is 6.07 Å². The van der Waals surface area contributed by atoms with Crippen molar-refractivity contribution in [3.63, 3.8) is 0 Å². The molecule has 0 unspecified atom stereocenters. The normalized spacial score (nSPS) is 14.1. The summed E-state index contributed by atoms with van der Waals surface area (Å²) >= 11 is 5.78. The predicted molar refractivity (Wildman–Crippen MR) is 65.7 cm³/mol. The zero-order valence-corrected chi connectivity index (χ0v) is 10.5. The van der Waals surface area contributed by atoms with Gasteiger partial charge in [0.05, 0.1) is 18.1 Å². The molecule has 0 aromatic heterocycles. The van der Waals surface area contributed by atoms with Gasteiger partial charge in [-0.05, 0) is 31.0 Å². The fourth-order valence-electron chi connectivity index (χ4n) is 1.82. The maximum absolute atomic E-state index is 13.6. The van der Waals surface area contributed by atoms with Gasteiger partial charge in [-0.25, -0.2) is 4.39 Å². The van der Waals surface area contributed by atoms with E-state index in [-0.39, 0.29) is 23.9 Å². The second kappa shape index (κ2) is 5.36. The topological polar surface area (TPSA) is 44.1 Å². The largest absolute Gasteiger partial charge is 0.335 e. The molecule has 5 heteroatoms. The summed E-state index contributed by atoms with van der Waals surface area (Å²) in [5.74, 6) is -0.959. The molecule has 0 N–H and O–H groups in total. The highest BCUT2D eigenvalue weighted by atomic mass is 35.5. The van der Waals surface area contributed by atoms with Gasteiger partial charge in [-0.3, -0.25) is 4.79 Å². The standard InChI is InChI=1S/C13H12ClFN2O/c14-9-2-5-12(15)11(8-9)13(18)17(7-1-6-16)10-3-4-10/h2,5,8,10H,1,3-4,7H2. The lowest BCUT2D eigenvalue weighted by Crippen LogP contribution is -2.34. The highest BCUT2D eigenvalue weighted by Crippen LogP contribution is 2.29. The Morgan fingerprint density at radius 1 is 1.56 bits per heavy atom. The molecule has 18 heavy (non-hydrogen) atoms. The van der Waals surface area contributed by atoms with Crippen molar-refractivity contribution in [3.05, 3.63) is 34.6 Å². The third-order valence-corrected chi connectivity index (χ3v) is 3.11. The second-order valence-corrected chi connectivity index (χ2v) is 4.70. The molecular weight excluding hydrogens is 255 g/mol. The number of nitriles is 1. The second-order valence-electron chi connectivity index (χ2n) is 4.26. The Labute approximate surface area is 110 Å². The fourth-order valence-corrected chi connectivity index (χ4v) is 1.99. The minimum atomic E-state index is -0.577. The van der Waals surface area contributed by atoms with Crippen LogP contribution in [0.4, 0.5) is 4.39 Å². The van der Waals surface area contributed by atoms with Crippen molar-refractivity contribution in [2.24, 2.45) is 0 Å². The molecule has 1 saturated carbocycles. The molecule has 3 nitrogen and oxygen atoms in total. The van der Waals surface area contributed by atoms with E-state index in [4.69, 9.17) is 16.9 Å². The molecule has 0 atom stereocenters. The Morgan fingerprint density at radius 3 is 2.89 bits per heavy atom. The molecule has 1 amide bonds. The highest BCUT2D eigenvalue weighted by Gasteiger charge is 2.33. The molecule has 2 rings (SSSR count). The number of rotatable bonds is 4. The molecule has 94 valence electrons. The summed E-state index contributed by atoms with van der Waals surface area (Å²) in [5.41, 5.74) is -0.0210. The zero-order chi connectivity index (χ0) is 13.1. The first-order valence-electron chi connectivity index (χ1n) is 5.76. The van der Waals surface area contributed by atoms with Gasteiger partial charge in [0.1, 0.15) is 5.82 Å². The fraction of sp³-hybridized carbons (Fsp3) is 0.385. The van der Waals surface area contributed by atoms with Crippen molar-refractivity contribution in [2.75, 3.05) is 6.54 Å². The maximum Gasteiger partial charge on any atom is 0.257 e. The molecular formula is C13H12ClFN2O. The van der Waals surface area contributed by atoms with Crippen LogP contribution in [0.5, 0.6) is 0 Å².